The third-order valence-corrected chi connectivity index (χ3v) is 4.61. The highest BCUT2D eigenvalue weighted by atomic mass is 32.2. The van der Waals surface area contributed by atoms with Crippen LogP contribution in [0.2, 0.25) is 0 Å². The second-order valence-corrected chi connectivity index (χ2v) is 7.20. The molecule has 1 fully saturated rings. The summed E-state index contributed by atoms with van der Waals surface area (Å²) in [4.78, 5) is 13.6. The smallest absolute Gasteiger partial charge is 0.238 e. The molecule has 0 aromatic heterocycles. The molecule has 1 heterocycles. The Balaban J connectivity index is 2.59. The molecule has 1 unspecified atom stereocenters. The van der Waals surface area contributed by atoms with Gasteiger partial charge in [0.1, 0.15) is 5.75 Å². The Kier molecular flexibility index (Phi) is 4.94. The van der Waals surface area contributed by atoms with E-state index in [0.717, 1.165) is 13.1 Å². The Hall–Kier alpha value is -0.620. The highest BCUT2D eigenvalue weighted by Gasteiger charge is 2.27. The summed E-state index contributed by atoms with van der Waals surface area (Å²) >= 11 is 0. The Morgan fingerprint density at radius 3 is 2.65 bits per heavy atom. The molecule has 100 valence electrons. The number of sulfone groups is 1. The van der Waals surface area contributed by atoms with Crippen molar-refractivity contribution in [3.63, 3.8) is 0 Å². The monoisotopic (exact) mass is 262 g/mol. The van der Waals surface area contributed by atoms with Crippen LogP contribution in [0.4, 0.5) is 0 Å². The summed E-state index contributed by atoms with van der Waals surface area (Å²) in [7, 11) is -3.26. The number of rotatable bonds is 4. The molecule has 1 rings (SSSR count). The normalized spacial score (nSPS) is 21.9. The SMILES string of the molecule is CC(C)CS(=O)(=O)CC(=O)N1CCNCC1C. The van der Waals surface area contributed by atoms with Gasteiger partial charge in [-0.25, -0.2) is 8.42 Å². The fourth-order valence-electron chi connectivity index (χ4n) is 2.05. The van der Waals surface area contributed by atoms with Crippen LogP contribution in [0.25, 0.3) is 0 Å². The zero-order valence-corrected chi connectivity index (χ0v) is 11.6. The van der Waals surface area contributed by atoms with Crippen LogP contribution < -0.4 is 5.32 Å². The van der Waals surface area contributed by atoms with Crippen molar-refractivity contribution >= 4 is 15.7 Å². The topological polar surface area (TPSA) is 66.5 Å². The van der Waals surface area contributed by atoms with Gasteiger partial charge in [0.2, 0.25) is 5.91 Å². The third-order valence-electron chi connectivity index (χ3n) is 2.75. The first-order chi connectivity index (χ1) is 7.82. The average molecular weight is 262 g/mol. The van der Waals surface area contributed by atoms with Crippen LogP contribution in [0.15, 0.2) is 0 Å². The minimum Gasteiger partial charge on any atom is -0.337 e. The lowest BCUT2D eigenvalue weighted by atomic mass is 10.2. The lowest BCUT2D eigenvalue weighted by Crippen LogP contribution is -2.53. The molecule has 1 aliphatic heterocycles. The molecule has 1 atom stereocenters. The van der Waals surface area contributed by atoms with Crippen molar-refractivity contribution in [2.24, 2.45) is 5.92 Å². The first-order valence-corrected chi connectivity index (χ1v) is 7.84. The highest BCUT2D eigenvalue weighted by molar-refractivity contribution is 7.92. The molecule has 0 bridgehead atoms. The van der Waals surface area contributed by atoms with Crippen molar-refractivity contribution in [1.29, 1.82) is 0 Å². The van der Waals surface area contributed by atoms with Gasteiger partial charge in [0.15, 0.2) is 9.84 Å². The summed E-state index contributed by atoms with van der Waals surface area (Å²) in [5, 5.41) is 3.17. The molecule has 0 aliphatic carbocycles. The molecule has 1 N–H and O–H groups in total. The number of hydrogen-bond acceptors (Lipinski definition) is 4. The van der Waals surface area contributed by atoms with Crippen LogP contribution in [0.5, 0.6) is 0 Å². The maximum atomic E-state index is 11.9. The van der Waals surface area contributed by atoms with E-state index in [1.165, 1.54) is 0 Å². The maximum absolute atomic E-state index is 11.9. The number of nitrogens with zero attached hydrogens (tertiary/aromatic N) is 1. The van der Waals surface area contributed by atoms with Crippen LogP contribution >= 0.6 is 0 Å². The average Bonchev–Trinajstić information content (AvgIpc) is 2.14. The molecule has 0 radical (unpaired) electrons. The quantitative estimate of drug-likeness (QED) is 0.767. The molecular formula is C11H22N2O3S. The van der Waals surface area contributed by atoms with Crippen molar-refractivity contribution < 1.29 is 13.2 Å². The second-order valence-electron chi connectivity index (χ2n) is 5.09. The summed E-state index contributed by atoms with van der Waals surface area (Å²) in [5.41, 5.74) is 0. The minimum atomic E-state index is -3.26. The third kappa shape index (κ3) is 4.63. The van der Waals surface area contributed by atoms with Crippen molar-refractivity contribution in [3.05, 3.63) is 0 Å². The molecule has 0 spiro atoms. The highest BCUT2D eigenvalue weighted by Crippen LogP contribution is 2.07. The van der Waals surface area contributed by atoms with Crippen molar-refractivity contribution in [1.82, 2.24) is 10.2 Å². The van der Waals surface area contributed by atoms with Crippen molar-refractivity contribution in [3.8, 4) is 0 Å². The zero-order valence-electron chi connectivity index (χ0n) is 10.8. The molecule has 1 aliphatic rings. The van der Waals surface area contributed by atoms with E-state index in [1.807, 2.05) is 20.8 Å². The van der Waals surface area contributed by atoms with E-state index in [4.69, 9.17) is 0 Å². The second kappa shape index (κ2) is 5.82. The predicted molar refractivity (Wildman–Crippen MR) is 67.5 cm³/mol. The van der Waals surface area contributed by atoms with Gasteiger partial charge in [0.25, 0.3) is 0 Å². The molecule has 17 heavy (non-hydrogen) atoms. The van der Waals surface area contributed by atoms with Gasteiger partial charge in [-0.2, -0.15) is 0 Å². The number of hydrogen-bond donors (Lipinski definition) is 1. The van der Waals surface area contributed by atoms with Gasteiger partial charge in [-0.1, -0.05) is 13.8 Å². The molecule has 5 nitrogen and oxygen atoms in total. The summed E-state index contributed by atoms with van der Waals surface area (Å²) in [6, 6.07) is 0.0745. The largest absolute Gasteiger partial charge is 0.337 e. The standard InChI is InChI=1S/C11H22N2O3S/c1-9(2)7-17(15,16)8-11(14)13-5-4-12-6-10(13)3/h9-10,12H,4-8H2,1-3H3. The Morgan fingerprint density at radius 2 is 2.12 bits per heavy atom. The van der Waals surface area contributed by atoms with Gasteiger partial charge < -0.3 is 10.2 Å². The fourth-order valence-corrected chi connectivity index (χ4v) is 3.73. The summed E-state index contributed by atoms with van der Waals surface area (Å²) < 4.78 is 23.5. The number of carbonyl (C=O) groups excluding carboxylic acids is 1. The first kappa shape index (κ1) is 14.4. The molecule has 6 heteroatoms. The summed E-state index contributed by atoms with van der Waals surface area (Å²) in [5.74, 6) is -0.470. The van der Waals surface area contributed by atoms with E-state index in [2.05, 4.69) is 5.32 Å². The van der Waals surface area contributed by atoms with Gasteiger partial charge in [-0.05, 0) is 12.8 Å². The number of amides is 1. The Labute approximate surface area is 103 Å². The van der Waals surface area contributed by atoms with Gasteiger partial charge in [-0.3, -0.25) is 4.79 Å². The molecule has 1 amide bonds. The van der Waals surface area contributed by atoms with E-state index in [-0.39, 0.29) is 29.4 Å². The molecule has 1 saturated heterocycles. The maximum Gasteiger partial charge on any atom is 0.238 e. The van der Waals surface area contributed by atoms with Gasteiger partial charge in [0.05, 0.1) is 5.75 Å². The fraction of sp³-hybridized carbons (Fsp3) is 0.909. The van der Waals surface area contributed by atoms with E-state index in [1.54, 1.807) is 4.90 Å². The van der Waals surface area contributed by atoms with Crippen molar-refractivity contribution in [2.45, 2.75) is 26.8 Å². The van der Waals surface area contributed by atoms with Crippen LogP contribution in [-0.4, -0.2) is 56.4 Å². The zero-order chi connectivity index (χ0) is 13.1. The number of piperazine rings is 1. The summed E-state index contributed by atoms with van der Waals surface area (Å²) in [6.07, 6.45) is 0. The predicted octanol–water partition coefficient (Wildman–Crippen LogP) is -0.122. The minimum absolute atomic E-state index is 0.0632. The Bertz CT molecular complexity index is 365. The van der Waals surface area contributed by atoms with E-state index < -0.39 is 9.84 Å². The molecule has 0 saturated carbocycles. The van der Waals surface area contributed by atoms with Gasteiger partial charge in [0, 0.05) is 25.7 Å². The van der Waals surface area contributed by atoms with Crippen molar-refractivity contribution in [2.75, 3.05) is 31.1 Å². The molecule has 0 aromatic carbocycles. The summed E-state index contributed by atoms with van der Waals surface area (Å²) in [6.45, 7) is 7.68. The van der Waals surface area contributed by atoms with Crippen LogP contribution in [0.1, 0.15) is 20.8 Å². The van der Waals surface area contributed by atoms with Crippen LogP contribution in [-0.2, 0) is 14.6 Å². The van der Waals surface area contributed by atoms with E-state index >= 15 is 0 Å². The lowest BCUT2D eigenvalue weighted by molar-refractivity contribution is -0.131. The van der Waals surface area contributed by atoms with Crippen LogP contribution in [0.3, 0.4) is 0 Å². The molecular weight excluding hydrogens is 240 g/mol. The molecule has 0 aromatic rings. The van der Waals surface area contributed by atoms with Crippen LogP contribution in [0, 0.1) is 5.92 Å². The van der Waals surface area contributed by atoms with E-state index in [9.17, 15) is 13.2 Å². The van der Waals surface area contributed by atoms with Gasteiger partial charge in [-0.15, -0.1) is 0 Å². The Morgan fingerprint density at radius 1 is 1.47 bits per heavy atom. The number of nitrogens with one attached hydrogen (secondary N) is 1. The first-order valence-electron chi connectivity index (χ1n) is 6.02. The lowest BCUT2D eigenvalue weighted by Gasteiger charge is -2.34. The van der Waals surface area contributed by atoms with Gasteiger partial charge >= 0.3 is 0 Å². The van der Waals surface area contributed by atoms with E-state index in [0.29, 0.717) is 6.54 Å². The number of carbonyl (C=O) groups is 1.